The minimum atomic E-state index is -0.108. The molecule has 0 aromatic carbocycles. The van der Waals surface area contributed by atoms with Gasteiger partial charge in [0.15, 0.2) is 0 Å². The van der Waals surface area contributed by atoms with E-state index in [4.69, 9.17) is 0 Å². The first-order chi connectivity index (χ1) is 6.77. The molecule has 1 heterocycles. The Morgan fingerprint density at radius 1 is 1.14 bits per heavy atom. The Morgan fingerprint density at radius 2 is 1.86 bits per heavy atom. The Kier molecular flexibility index (Phi) is 3.45. The van der Waals surface area contributed by atoms with E-state index in [1.807, 2.05) is 6.92 Å². The SMILES string of the molecule is CC(O)C1CCN(C2CCCCC2)C1. The van der Waals surface area contributed by atoms with Crippen molar-refractivity contribution >= 4 is 0 Å². The van der Waals surface area contributed by atoms with Crippen LogP contribution in [0.15, 0.2) is 0 Å². The van der Waals surface area contributed by atoms with Gasteiger partial charge in [-0.1, -0.05) is 19.3 Å². The monoisotopic (exact) mass is 197 g/mol. The number of aliphatic hydroxyl groups is 1. The standard InChI is InChI=1S/C12H23NO/c1-10(14)11-7-8-13(9-11)12-5-3-2-4-6-12/h10-12,14H,2-9H2,1H3. The summed E-state index contributed by atoms with van der Waals surface area (Å²) in [5.74, 6) is 0.539. The van der Waals surface area contributed by atoms with Crippen molar-refractivity contribution in [2.45, 2.75) is 57.6 Å². The normalized spacial score (nSPS) is 33.4. The van der Waals surface area contributed by atoms with Crippen molar-refractivity contribution < 1.29 is 5.11 Å². The summed E-state index contributed by atoms with van der Waals surface area (Å²) >= 11 is 0. The van der Waals surface area contributed by atoms with Crippen LogP contribution in [0.3, 0.4) is 0 Å². The number of hydrogen-bond donors (Lipinski definition) is 1. The number of likely N-dealkylation sites (tertiary alicyclic amines) is 1. The second kappa shape index (κ2) is 4.63. The minimum absolute atomic E-state index is 0.108. The Morgan fingerprint density at radius 3 is 2.43 bits per heavy atom. The van der Waals surface area contributed by atoms with Crippen molar-refractivity contribution in [1.29, 1.82) is 0 Å². The largest absolute Gasteiger partial charge is 0.393 e. The highest BCUT2D eigenvalue weighted by atomic mass is 16.3. The van der Waals surface area contributed by atoms with Crippen LogP contribution in [-0.4, -0.2) is 35.2 Å². The molecule has 2 aliphatic rings. The fraction of sp³-hybridized carbons (Fsp3) is 1.00. The quantitative estimate of drug-likeness (QED) is 0.732. The third-order valence-corrected chi connectivity index (χ3v) is 4.03. The molecule has 2 rings (SSSR count). The molecule has 82 valence electrons. The van der Waals surface area contributed by atoms with Crippen molar-refractivity contribution in [3.05, 3.63) is 0 Å². The van der Waals surface area contributed by atoms with Crippen molar-refractivity contribution in [1.82, 2.24) is 4.90 Å². The minimum Gasteiger partial charge on any atom is -0.393 e. The molecule has 0 radical (unpaired) electrons. The molecule has 2 atom stereocenters. The van der Waals surface area contributed by atoms with E-state index in [0.29, 0.717) is 5.92 Å². The summed E-state index contributed by atoms with van der Waals surface area (Å²) in [5.41, 5.74) is 0. The molecule has 2 unspecified atom stereocenters. The zero-order valence-corrected chi connectivity index (χ0v) is 9.28. The van der Waals surface area contributed by atoms with Gasteiger partial charge in [0.1, 0.15) is 0 Å². The first kappa shape index (κ1) is 10.4. The van der Waals surface area contributed by atoms with Gasteiger partial charge in [-0.2, -0.15) is 0 Å². The van der Waals surface area contributed by atoms with Gasteiger partial charge in [-0.05, 0) is 38.6 Å². The molecule has 1 saturated carbocycles. The molecule has 2 heteroatoms. The number of nitrogens with zero attached hydrogens (tertiary/aromatic N) is 1. The first-order valence-electron chi connectivity index (χ1n) is 6.19. The molecule has 2 fully saturated rings. The summed E-state index contributed by atoms with van der Waals surface area (Å²) in [6.07, 6.45) is 8.15. The summed E-state index contributed by atoms with van der Waals surface area (Å²) in [7, 11) is 0. The Labute approximate surface area is 87.3 Å². The Bertz CT molecular complexity index is 175. The van der Waals surface area contributed by atoms with E-state index in [0.717, 1.165) is 12.6 Å². The van der Waals surface area contributed by atoms with Gasteiger partial charge in [-0.25, -0.2) is 0 Å². The summed E-state index contributed by atoms with van der Waals surface area (Å²) in [6.45, 7) is 4.30. The Hall–Kier alpha value is -0.0800. The second-order valence-electron chi connectivity index (χ2n) is 5.08. The summed E-state index contributed by atoms with van der Waals surface area (Å²) in [5, 5.41) is 9.54. The van der Waals surface area contributed by atoms with Crippen LogP contribution in [0.5, 0.6) is 0 Å². The zero-order valence-electron chi connectivity index (χ0n) is 9.28. The van der Waals surface area contributed by atoms with Crippen molar-refractivity contribution in [2.24, 2.45) is 5.92 Å². The van der Waals surface area contributed by atoms with Gasteiger partial charge in [0, 0.05) is 12.6 Å². The summed E-state index contributed by atoms with van der Waals surface area (Å²) in [4.78, 5) is 2.62. The Balaban J connectivity index is 1.82. The van der Waals surface area contributed by atoms with E-state index in [-0.39, 0.29) is 6.10 Å². The number of hydrogen-bond acceptors (Lipinski definition) is 2. The van der Waals surface area contributed by atoms with Gasteiger partial charge < -0.3 is 10.0 Å². The average Bonchev–Trinajstić information content (AvgIpc) is 2.68. The van der Waals surface area contributed by atoms with Crippen LogP contribution >= 0.6 is 0 Å². The van der Waals surface area contributed by atoms with E-state index in [1.165, 1.54) is 45.1 Å². The molecule has 0 amide bonds. The lowest BCUT2D eigenvalue weighted by molar-refractivity contribution is 0.116. The van der Waals surface area contributed by atoms with Crippen LogP contribution in [0.2, 0.25) is 0 Å². The third-order valence-electron chi connectivity index (χ3n) is 4.03. The van der Waals surface area contributed by atoms with Crippen LogP contribution in [0.1, 0.15) is 45.4 Å². The van der Waals surface area contributed by atoms with Crippen molar-refractivity contribution in [3.63, 3.8) is 0 Å². The van der Waals surface area contributed by atoms with Gasteiger partial charge in [-0.3, -0.25) is 0 Å². The summed E-state index contributed by atoms with van der Waals surface area (Å²) in [6, 6.07) is 0.840. The molecule has 0 aromatic rings. The molecule has 0 aromatic heterocycles. The maximum Gasteiger partial charge on any atom is 0.0552 e. The molecular weight excluding hydrogens is 174 g/mol. The predicted octanol–water partition coefficient (Wildman–Crippen LogP) is 2.02. The van der Waals surface area contributed by atoms with E-state index in [1.54, 1.807) is 0 Å². The predicted molar refractivity (Wildman–Crippen MR) is 58.2 cm³/mol. The lowest BCUT2D eigenvalue weighted by Crippen LogP contribution is -2.35. The molecule has 0 bridgehead atoms. The van der Waals surface area contributed by atoms with Crippen LogP contribution in [0, 0.1) is 5.92 Å². The van der Waals surface area contributed by atoms with Crippen molar-refractivity contribution in [3.8, 4) is 0 Å². The van der Waals surface area contributed by atoms with Crippen LogP contribution < -0.4 is 0 Å². The zero-order chi connectivity index (χ0) is 9.97. The van der Waals surface area contributed by atoms with Crippen LogP contribution in [0.4, 0.5) is 0 Å². The van der Waals surface area contributed by atoms with Crippen molar-refractivity contribution in [2.75, 3.05) is 13.1 Å². The topological polar surface area (TPSA) is 23.5 Å². The lowest BCUT2D eigenvalue weighted by Gasteiger charge is -2.31. The van der Waals surface area contributed by atoms with Crippen LogP contribution in [-0.2, 0) is 0 Å². The molecular formula is C12H23NO. The second-order valence-corrected chi connectivity index (χ2v) is 5.08. The summed E-state index contributed by atoms with van der Waals surface area (Å²) < 4.78 is 0. The fourth-order valence-electron chi connectivity index (χ4n) is 2.99. The number of rotatable bonds is 2. The third kappa shape index (κ3) is 2.29. The molecule has 1 N–H and O–H groups in total. The molecule has 1 saturated heterocycles. The molecule has 1 aliphatic heterocycles. The van der Waals surface area contributed by atoms with Crippen LogP contribution in [0.25, 0.3) is 0 Å². The van der Waals surface area contributed by atoms with E-state index >= 15 is 0 Å². The average molecular weight is 197 g/mol. The first-order valence-corrected chi connectivity index (χ1v) is 6.19. The highest BCUT2D eigenvalue weighted by Gasteiger charge is 2.30. The van der Waals surface area contributed by atoms with E-state index in [9.17, 15) is 5.11 Å². The van der Waals surface area contributed by atoms with E-state index < -0.39 is 0 Å². The smallest absolute Gasteiger partial charge is 0.0552 e. The highest BCUT2D eigenvalue weighted by molar-refractivity contribution is 4.85. The fourth-order valence-corrected chi connectivity index (χ4v) is 2.99. The molecule has 0 spiro atoms. The molecule has 14 heavy (non-hydrogen) atoms. The molecule has 2 nitrogen and oxygen atoms in total. The van der Waals surface area contributed by atoms with Gasteiger partial charge in [0.25, 0.3) is 0 Å². The van der Waals surface area contributed by atoms with Gasteiger partial charge in [-0.15, -0.1) is 0 Å². The maximum atomic E-state index is 9.54. The van der Waals surface area contributed by atoms with E-state index in [2.05, 4.69) is 4.90 Å². The number of aliphatic hydroxyl groups excluding tert-OH is 1. The maximum absolute atomic E-state index is 9.54. The van der Waals surface area contributed by atoms with Gasteiger partial charge in [0.05, 0.1) is 6.10 Å². The van der Waals surface area contributed by atoms with Gasteiger partial charge in [0.2, 0.25) is 0 Å². The highest BCUT2D eigenvalue weighted by Crippen LogP contribution is 2.28. The lowest BCUT2D eigenvalue weighted by atomic mass is 9.94. The van der Waals surface area contributed by atoms with Gasteiger partial charge >= 0.3 is 0 Å². The molecule has 1 aliphatic carbocycles.